The average Bonchev–Trinajstić information content (AvgIpc) is 2.12. The molecule has 0 rings (SSSR count). The first-order valence-corrected chi connectivity index (χ1v) is 3.81. The van der Waals surface area contributed by atoms with Crippen molar-refractivity contribution in [3.63, 3.8) is 0 Å². The monoisotopic (exact) mass is 165 g/mol. The summed E-state index contributed by atoms with van der Waals surface area (Å²) in [7, 11) is 0. The summed E-state index contributed by atoms with van der Waals surface area (Å²) >= 11 is 0. The van der Waals surface area contributed by atoms with E-state index in [1.807, 2.05) is 13.8 Å². The summed E-state index contributed by atoms with van der Waals surface area (Å²) in [5.74, 6) is 0. The van der Waals surface area contributed by atoms with E-state index in [0.717, 1.165) is 11.3 Å². The van der Waals surface area contributed by atoms with E-state index in [4.69, 9.17) is 5.53 Å². The van der Waals surface area contributed by atoms with Gasteiger partial charge in [-0.2, -0.15) is 5.53 Å². The Morgan fingerprint density at radius 3 is 2.33 bits per heavy atom. The molecule has 66 valence electrons. The van der Waals surface area contributed by atoms with Gasteiger partial charge in [0.15, 0.2) is 0 Å². The molecule has 0 aliphatic heterocycles. The molecule has 12 heavy (non-hydrogen) atoms. The minimum absolute atomic E-state index is 0.663. The summed E-state index contributed by atoms with van der Waals surface area (Å²) in [5, 5.41) is 4.91. The highest BCUT2D eigenvalue weighted by Gasteiger charge is 2.03. The molecule has 3 nitrogen and oxygen atoms in total. The van der Waals surface area contributed by atoms with Crippen LogP contribution in [0.4, 0.5) is 0 Å². The van der Waals surface area contributed by atoms with Gasteiger partial charge in [0, 0.05) is 6.54 Å². The molecule has 0 aliphatic carbocycles. The standard InChI is InChI=1S/C9H15N3/c1-5-8(4)9(6-2)12(7-3)11-10/h5-6,10H,1-2,7H2,3-4H3/b9-8+,11-10?. The van der Waals surface area contributed by atoms with Crippen LogP contribution in [0.25, 0.3) is 0 Å². The van der Waals surface area contributed by atoms with Crippen LogP contribution >= 0.6 is 0 Å². The van der Waals surface area contributed by atoms with Crippen molar-refractivity contribution in [2.24, 2.45) is 5.22 Å². The smallest absolute Gasteiger partial charge is 0.0633 e. The fourth-order valence-electron chi connectivity index (χ4n) is 0.869. The fourth-order valence-corrected chi connectivity index (χ4v) is 0.869. The van der Waals surface area contributed by atoms with Gasteiger partial charge in [-0.15, -0.1) is 0 Å². The third-order valence-electron chi connectivity index (χ3n) is 1.60. The molecule has 0 radical (unpaired) electrons. The second-order valence-electron chi connectivity index (χ2n) is 2.29. The van der Waals surface area contributed by atoms with Crippen LogP contribution in [0, 0.1) is 5.53 Å². The fraction of sp³-hybridized carbons (Fsp3) is 0.333. The maximum absolute atomic E-state index is 6.90. The highest BCUT2D eigenvalue weighted by molar-refractivity contribution is 5.28. The third-order valence-corrected chi connectivity index (χ3v) is 1.60. The lowest BCUT2D eigenvalue weighted by Gasteiger charge is -2.16. The van der Waals surface area contributed by atoms with Gasteiger partial charge in [-0.1, -0.05) is 24.5 Å². The Labute approximate surface area is 73.6 Å². The highest BCUT2D eigenvalue weighted by Crippen LogP contribution is 2.12. The lowest BCUT2D eigenvalue weighted by atomic mass is 10.2. The van der Waals surface area contributed by atoms with Crippen LogP contribution < -0.4 is 0 Å². The molecular weight excluding hydrogens is 150 g/mol. The van der Waals surface area contributed by atoms with Crippen molar-refractivity contribution in [3.05, 3.63) is 36.6 Å². The Balaban J connectivity index is 4.86. The number of rotatable bonds is 5. The van der Waals surface area contributed by atoms with Crippen LogP contribution in [0.1, 0.15) is 13.8 Å². The van der Waals surface area contributed by atoms with Gasteiger partial charge in [0.05, 0.1) is 5.70 Å². The van der Waals surface area contributed by atoms with Crippen molar-refractivity contribution in [1.82, 2.24) is 5.01 Å². The van der Waals surface area contributed by atoms with Gasteiger partial charge in [0.2, 0.25) is 0 Å². The number of allylic oxidation sites excluding steroid dienone is 3. The minimum atomic E-state index is 0.663. The van der Waals surface area contributed by atoms with E-state index in [0.29, 0.717) is 6.54 Å². The van der Waals surface area contributed by atoms with Crippen LogP contribution in [0.15, 0.2) is 41.8 Å². The molecule has 0 heterocycles. The van der Waals surface area contributed by atoms with Crippen molar-refractivity contribution in [2.75, 3.05) is 6.54 Å². The molecule has 0 aromatic carbocycles. The predicted octanol–water partition coefficient (Wildman–Crippen LogP) is 2.90. The maximum atomic E-state index is 6.90. The van der Waals surface area contributed by atoms with E-state index in [-0.39, 0.29) is 0 Å². The minimum Gasteiger partial charge on any atom is -0.248 e. The average molecular weight is 165 g/mol. The molecule has 0 spiro atoms. The zero-order valence-electron chi connectivity index (χ0n) is 7.67. The predicted molar refractivity (Wildman–Crippen MR) is 50.6 cm³/mol. The Kier molecular flexibility index (Phi) is 4.69. The molecule has 0 fully saturated rings. The molecule has 0 atom stereocenters. The molecule has 0 amide bonds. The van der Waals surface area contributed by atoms with Crippen LogP contribution in [-0.2, 0) is 0 Å². The van der Waals surface area contributed by atoms with Crippen molar-refractivity contribution < 1.29 is 0 Å². The number of hydrogen-bond donors (Lipinski definition) is 1. The van der Waals surface area contributed by atoms with Crippen LogP contribution in [0.3, 0.4) is 0 Å². The molecule has 0 bridgehead atoms. The van der Waals surface area contributed by atoms with E-state index in [1.54, 1.807) is 17.2 Å². The maximum Gasteiger partial charge on any atom is 0.0633 e. The summed E-state index contributed by atoms with van der Waals surface area (Å²) in [6.45, 7) is 11.8. The molecule has 0 unspecified atom stereocenters. The van der Waals surface area contributed by atoms with Gasteiger partial charge in [-0.3, -0.25) is 0 Å². The largest absolute Gasteiger partial charge is 0.248 e. The van der Waals surface area contributed by atoms with Crippen molar-refractivity contribution in [1.29, 1.82) is 5.53 Å². The van der Waals surface area contributed by atoms with Gasteiger partial charge in [-0.25, -0.2) is 5.01 Å². The van der Waals surface area contributed by atoms with Crippen LogP contribution in [0.5, 0.6) is 0 Å². The number of nitrogens with zero attached hydrogens (tertiary/aromatic N) is 2. The third kappa shape index (κ3) is 2.34. The number of likely N-dealkylation sites (N-methyl/N-ethyl adjacent to an activating group) is 1. The van der Waals surface area contributed by atoms with Crippen molar-refractivity contribution >= 4 is 0 Å². The lowest BCUT2D eigenvalue weighted by Crippen LogP contribution is -2.14. The molecular formula is C9H15N3. The molecule has 0 aliphatic rings. The van der Waals surface area contributed by atoms with Crippen molar-refractivity contribution in [2.45, 2.75) is 13.8 Å². The first kappa shape index (κ1) is 10.6. The molecule has 0 saturated heterocycles. The Morgan fingerprint density at radius 1 is 1.50 bits per heavy atom. The van der Waals surface area contributed by atoms with E-state index in [2.05, 4.69) is 18.4 Å². The summed E-state index contributed by atoms with van der Waals surface area (Å²) in [6, 6.07) is 0. The van der Waals surface area contributed by atoms with E-state index < -0.39 is 0 Å². The number of hydrogen-bond acceptors (Lipinski definition) is 2. The van der Waals surface area contributed by atoms with E-state index >= 15 is 0 Å². The van der Waals surface area contributed by atoms with E-state index in [9.17, 15) is 0 Å². The zero-order chi connectivity index (χ0) is 9.56. The second kappa shape index (κ2) is 5.29. The van der Waals surface area contributed by atoms with Gasteiger partial charge < -0.3 is 0 Å². The summed E-state index contributed by atoms with van der Waals surface area (Å²) in [6.07, 6.45) is 3.41. The van der Waals surface area contributed by atoms with Gasteiger partial charge in [0.25, 0.3) is 0 Å². The van der Waals surface area contributed by atoms with Gasteiger partial charge in [0.1, 0.15) is 0 Å². The summed E-state index contributed by atoms with van der Waals surface area (Å²) in [5.41, 5.74) is 8.71. The first-order valence-electron chi connectivity index (χ1n) is 3.81. The molecule has 3 heteroatoms. The topological polar surface area (TPSA) is 39.5 Å². The zero-order valence-corrected chi connectivity index (χ0v) is 7.67. The molecule has 0 aromatic heterocycles. The Morgan fingerprint density at radius 2 is 2.08 bits per heavy atom. The second-order valence-corrected chi connectivity index (χ2v) is 2.29. The molecule has 0 saturated carbocycles. The normalized spacial score (nSPS) is 11.5. The quantitative estimate of drug-likeness (QED) is 0.380. The number of nitrogens with one attached hydrogen (secondary N) is 1. The first-order chi connectivity index (χ1) is 5.71. The Bertz CT molecular complexity index is 216. The molecule has 1 N–H and O–H groups in total. The van der Waals surface area contributed by atoms with E-state index in [1.165, 1.54) is 0 Å². The molecule has 0 aromatic rings. The van der Waals surface area contributed by atoms with Gasteiger partial charge in [-0.05, 0) is 25.5 Å². The van der Waals surface area contributed by atoms with Crippen molar-refractivity contribution in [3.8, 4) is 0 Å². The highest BCUT2D eigenvalue weighted by atomic mass is 15.5. The lowest BCUT2D eigenvalue weighted by molar-refractivity contribution is 0.357. The Hall–Kier alpha value is -1.38. The van der Waals surface area contributed by atoms with Gasteiger partial charge >= 0.3 is 0 Å². The van der Waals surface area contributed by atoms with Crippen LogP contribution in [0.2, 0.25) is 0 Å². The summed E-state index contributed by atoms with van der Waals surface area (Å²) < 4.78 is 0. The SMILES string of the molecule is C=C/C(C)=C(\C=C)N(CC)N=N. The summed E-state index contributed by atoms with van der Waals surface area (Å²) in [4.78, 5) is 0. The van der Waals surface area contributed by atoms with Crippen LogP contribution in [-0.4, -0.2) is 11.6 Å².